The van der Waals surface area contributed by atoms with E-state index in [0.717, 1.165) is 63.3 Å². The van der Waals surface area contributed by atoms with Crippen LogP contribution in [0.25, 0.3) is 10.8 Å². The number of anilines is 1. The summed E-state index contributed by atoms with van der Waals surface area (Å²) < 4.78 is 7.26. The fourth-order valence-corrected chi connectivity index (χ4v) is 6.65. The lowest BCUT2D eigenvalue weighted by Crippen LogP contribution is -2.14. The third-order valence-electron chi connectivity index (χ3n) is 6.97. The Bertz CT molecular complexity index is 1670. The maximum absolute atomic E-state index is 13.5. The van der Waals surface area contributed by atoms with Gasteiger partial charge in [-0.05, 0) is 77.9 Å². The molecule has 0 saturated heterocycles. The Morgan fingerprint density at radius 2 is 1.74 bits per heavy atom. The molecular weight excluding hydrogens is 568 g/mol. The van der Waals surface area contributed by atoms with Crippen LogP contribution in [0.4, 0.5) is 10.7 Å². The number of carbonyl (C=O) groups is 1. The van der Waals surface area contributed by atoms with E-state index in [1.165, 1.54) is 15.6 Å². The van der Waals surface area contributed by atoms with Gasteiger partial charge in [-0.25, -0.2) is 4.99 Å². The molecule has 5 aromatic rings. The minimum atomic E-state index is -0.102. The minimum Gasteiger partial charge on any atom is -0.488 e. The Morgan fingerprint density at radius 3 is 2.64 bits per heavy atom. The number of nitrogens with one attached hydrogen (secondary N) is 1. The predicted molar refractivity (Wildman–Crippen MR) is 165 cm³/mol. The number of rotatable bonds is 7. The number of nitrogens with zero attached hydrogens (tertiary/aromatic N) is 1. The highest BCUT2D eigenvalue weighted by atomic mass is 79.9. The topological polar surface area (TPSA) is 50.7 Å². The first-order chi connectivity index (χ1) is 19.2. The summed E-state index contributed by atoms with van der Waals surface area (Å²) in [5.74, 6) is 0.640. The fraction of sp³-hybridized carbons (Fsp3) is 0.152. The molecule has 1 aliphatic rings. The van der Waals surface area contributed by atoms with Gasteiger partial charge in [-0.1, -0.05) is 76.6 Å². The SMILES string of the molecule is O=C(Nc1ccccc1)c1c(N=Cc2cc(Br)ccc2OCc2cccc3ccccc23)sc2c1CCCC2. The lowest BCUT2D eigenvalue weighted by atomic mass is 9.95. The number of hydrogen-bond donors (Lipinski definition) is 1. The zero-order valence-corrected chi connectivity index (χ0v) is 23.7. The number of aliphatic imine (C=N–C) groups is 1. The third kappa shape index (κ3) is 5.68. The van der Waals surface area contributed by atoms with Crippen LogP contribution >= 0.6 is 27.3 Å². The molecule has 39 heavy (non-hydrogen) atoms. The van der Waals surface area contributed by atoms with E-state index in [1.807, 2.05) is 60.8 Å². The number of benzene rings is 4. The number of para-hydroxylation sites is 1. The Kier molecular flexibility index (Phi) is 7.57. The number of halogens is 1. The zero-order valence-electron chi connectivity index (χ0n) is 21.3. The average molecular weight is 596 g/mol. The molecule has 194 valence electrons. The summed E-state index contributed by atoms with van der Waals surface area (Å²) in [7, 11) is 0. The van der Waals surface area contributed by atoms with Crippen molar-refractivity contribution in [1.29, 1.82) is 0 Å². The standard InChI is InChI=1S/C33H27BrN2O2S/c34-25-17-18-29(38-21-23-11-8-10-22-9-4-5-14-27(22)23)24(19-25)20-35-33-31(28-15-6-7-16-30(28)39-33)32(37)36-26-12-2-1-3-13-26/h1-5,8-14,17-20H,6-7,15-16,21H2,(H,36,37). The van der Waals surface area contributed by atoms with Gasteiger partial charge in [-0.2, -0.15) is 0 Å². The number of ether oxygens (including phenoxy) is 1. The van der Waals surface area contributed by atoms with Crippen LogP contribution in [0.5, 0.6) is 5.75 Å². The van der Waals surface area contributed by atoms with Crippen LogP contribution in [0.2, 0.25) is 0 Å². The van der Waals surface area contributed by atoms with Crippen molar-refractivity contribution < 1.29 is 9.53 Å². The van der Waals surface area contributed by atoms with Crippen LogP contribution < -0.4 is 10.1 Å². The second-order valence-electron chi connectivity index (χ2n) is 9.58. The maximum atomic E-state index is 13.5. The van der Waals surface area contributed by atoms with Gasteiger partial charge in [0.25, 0.3) is 5.91 Å². The largest absolute Gasteiger partial charge is 0.488 e. The van der Waals surface area contributed by atoms with E-state index in [4.69, 9.17) is 9.73 Å². The number of fused-ring (bicyclic) bond motifs is 2. The quantitative estimate of drug-likeness (QED) is 0.191. The van der Waals surface area contributed by atoms with Gasteiger partial charge in [0.1, 0.15) is 17.4 Å². The van der Waals surface area contributed by atoms with Crippen molar-refractivity contribution in [3.05, 3.63) is 123 Å². The van der Waals surface area contributed by atoms with Crippen LogP contribution in [0, 0.1) is 0 Å². The van der Waals surface area contributed by atoms with E-state index in [2.05, 4.69) is 57.6 Å². The monoisotopic (exact) mass is 594 g/mol. The summed E-state index contributed by atoms with van der Waals surface area (Å²) in [6.07, 6.45) is 5.97. The van der Waals surface area contributed by atoms with Gasteiger partial charge < -0.3 is 10.1 Å². The minimum absolute atomic E-state index is 0.102. The van der Waals surface area contributed by atoms with Crippen LogP contribution in [-0.4, -0.2) is 12.1 Å². The van der Waals surface area contributed by atoms with Crippen molar-refractivity contribution in [2.75, 3.05) is 5.32 Å². The molecule has 6 rings (SSSR count). The van der Waals surface area contributed by atoms with E-state index in [0.29, 0.717) is 12.2 Å². The average Bonchev–Trinajstić information content (AvgIpc) is 3.34. The summed E-state index contributed by atoms with van der Waals surface area (Å²) in [5, 5.41) is 6.19. The van der Waals surface area contributed by atoms with Gasteiger partial charge in [0, 0.05) is 26.8 Å². The van der Waals surface area contributed by atoms with E-state index in [1.54, 1.807) is 11.3 Å². The molecule has 1 aromatic heterocycles. The second kappa shape index (κ2) is 11.6. The molecule has 0 unspecified atom stereocenters. The first-order valence-corrected chi connectivity index (χ1v) is 14.7. The van der Waals surface area contributed by atoms with Gasteiger partial charge in [-0.3, -0.25) is 4.79 Å². The van der Waals surface area contributed by atoms with Crippen LogP contribution in [0.15, 0.2) is 100 Å². The number of aryl methyl sites for hydroxylation is 1. The molecule has 4 nitrogen and oxygen atoms in total. The number of hydrogen-bond acceptors (Lipinski definition) is 4. The normalized spacial score (nSPS) is 12.9. The second-order valence-corrected chi connectivity index (χ2v) is 11.6. The molecule has 0 radical (unpaired) electrons. The first kappa shape index (κ1) is 25.5. The summed E-state index contributed by atoms with van der Waals surface area (Å²) in [4.78, 5) is 19.6. The van der Waals surface area contributed by atoms with E-state index in [9.17, 15) is 4.79 Å². The predicted octanol–water partition coefficient (Wildman–Crippen LogP) is 9.12. The Labute approximate surface area is 240 Å². The molecule has 4 aromatic carbocycles. The van der Waals surface area contributed by atoms with Crippen molar-refractivity contribution >= 4 is 60.8 Å². The van der Waals surface area contributed by atoms with Gasteiger partial charge in [0.15, 0.2) is 0 Å². The summed E-state index contributed by atoms with van der Waals surface area (Å²) in [6, 6.07) is 30.1. The van der Waals surface area contributed by atoms with Crippen molar-refractivity contribution in [3.63, 3.8) is 0 Å². The maximum Gasteiger partial charge on any atom is 0.259 e. The van der Waals surface area contributed by atoms with Crippen molar-refractivity contribution in [3.8, 4) is 5.75 Å². The third-order valence-corrected chi connectivity index (χ3v) is 8.66. The smallest absolute Gasteiger partial charge is 0.259 e. The lowest BCUT2D eigenvalue weighted by Gasteiger charge is -2.13. The Morgan fingerprint density at radius 1 is 0.949 bits per heavy atom. The lowest BCUT2D eigenvalue weighted by molar-refractivity contribution is 0.102. The van der Waals surface area contributed by atoms with Crippen LogP contribution in [0.3, 0.4) is 0 Å². The Hall–Kier alpha value is -3.74. The highest BCUT2D eigenvalue weighted by Gasteiger charge is 2.25. The summed E-state index contributed by atoms with van der Waals surface area (Å²) >= 11 is 5.22. The molecule has 0 aliphatic heterocycles. The highest BCUT2D eigenvalue weighted by Crippen LogP contribution is 2.40. The molecule has 1 aliphatic carbocycles. The molecule has 0 saturated carbocycles. The molecule has 0 spiro atoms. The van der Waals surface area contributed by atoms with Gasteiger partial charge in [0.05, 0.1) is 5.56 Å². The fourth-order valence-electron chi connectivity index (χ4n) is 5.05. The molecular formula is C33H27BrN2O2S. The van der Waals surface area contributed by atoms with E-state index < -0.39 is 0 Å². The first-order valence-electron chi connectivity index (χ1n) is 13.1. The van der Waals surface area contributed by atoms with E-state index in [-0.39, 0.29) is 5.91 Å². The van der Waals surface area contributed by atoms with Gasteiger partial charge >= 0.3 is 0 Å². The summed E-state index contributed by atoms with van der Waals surface area (Å²) in [5.41, 5.74) is 4.61. The number of carbonyl (C=O) groups excluding carboxylic acids is 1. The van der Waals surface area contributed by atoms with Crippen molar-refractivity contribution in [2.45, 2.75) is 32.3 Å². The molecule has 1 amide bonds. The number of thiophene rings is 1. The Balaban J connectivity index is 1.30. The van der Waals surface area contributed by atoms with Gasteiger partial charge in [0.2, 0.25) is 0 Å². The molecule has 0 atom stereocenters. The summed E-state index contributed by atoms with van der Waals surface area (Å²) in [6.45, 7) is 0.446. The van der Waals surface area contributed by atoms with Gasteiger partial charge in [-0.15, -0.1) is 11.3 Å². The van der Waals surface area contributed by atoms with Crippen LogP contribution in [-0.2, 0) is 19.4 Å². The highest BCUT2D eigenvalue weighted by molar-refractivity contribution is 9.10. The molecule has 6 heteroatoms. The number of amides is 1. The van der Waals surface area contributed by atoms with Crippen LogP contribution in [0.1, 0.15) is 44.8 Å². The van der Waals surface area contributed by atoms with Crippen molar-refractivity contribution in [1.82, 2.24) is 0 Å². The molecule has 0 bridgehead atoms. The van der Waals surface area contributed by atoms with E-state index >= 15 is 0 Å². The molecule has 1 heterocycles. The van der Waals surface area contributed by atoms with Crippen molar-refractivity contribution in [2.24, 2.45) is 4.99 Å². The molecule has 1 N–H and O–H groups in total. The molecule has 0 fully saturated rings. The zero-order chi connectivity index (χ0) is 26.6.